The highest BCUT2D eigenvalue weighted by atomic mass is 32.2. The largest absolute Gasteiger partial charge is 0.497 e. The Morgan fingerprint density at radius 1 is 1.03 bits per heavy atom. The molecule has 184 valence electrons. The Morgan fingerprint density at radius 2 is 1.78 bits per heavy atom. The Labute approximate surface area is 216 Å². The normalized spacial score (nSPS) is 13.3. The molecule has 2 aromatic carbocycles. The van der Waals surface area contributed by atoms with Crippen LogP contribution in [0.25, 0.3) is 16.3 Å². The molecule has 2 amide bonds. The smallest absolute Gasteiger partial charge is 0.275 e. The molecule has 0 unspecified atom stereocenters. The summed E-state index contributed by atoms with van der Waals surface area (Å²) in [5.74, 6) is 0.586. The van der Waals surface area contributed by atoms with Crippen LogP contribution in [-0.2, 0) is 4.79 Å². The number of hydrogen-bond acceptors (Lipinski definition) is 8. The van der Waals surface area contributed by atoms with E-state index in [2.05, 4.69) is 15.3 Å². The van der Waals surface area contributed by atoms with Crippen molar-refractivity contribution in [3.05, 3.63) is 72.1 Å². The molecule has 0 aliphatic carbocycles. The predicted molar refractivity (Wildman–Crippen MR) is 138 cm³/mol. The molecular weight excluding hydrogens is 496 g/mol. The lowest BCUT2D eigenvalue weighted by Gasteiger charge is -2.27. The number of carbonyl (C=O) groups excluding carboxylic acids is 2. The van der Waals surface area contributed by atoms with Crippen molar-refractivity contribution >= 4 is 34.9 Å². The van der Waals surface area contributed by atoms with E-state index in [0.29, 0.717) is 23.0 Å². The minimum absolute atomic E-state index is 0.139. The van der Waals surface area contributed by atoms with E-state index in [4.69, 9.17) is 4.74 Å². The molecule has 5 rings (SSSR count). The summed E-state index contributed by atoms with van der Waals surface area (Å²) in [5.41, 5.74) is 3.04. The molecule has 0 spiro atoms. The molecule has 1 aliphatic rings. The number of nitrogens with zero attached hydrogens (tertiary/aromatic N) is 6. The number of rotatable bonds is 7. The van der Waals surface area contributed by atoms with Crippen molar-refractivity contribution in [2.24, 2.45) is 0 Å². The van der Waals surface area contributed by atoms with Crippen LogP contribution in [0.2, 0.25) is 0 Å². The van der Waals surface area contributed by atoms with E-state index in [9.17, 15) is 9.59 Å². The molecule has 36 heavy (non-hydrogen) atoms. The predicted octanol–water partition coefficient (Wildman–Crippen LogP) is 4.09. The Hall–Kier alpha value is -3.70. The molecule has 9 nitrogen and oxygen atoms in total. The lowest BCUT2D eigenvalue weighted by atomic mass is 10.2. The van der Waals surface area contributed by atoms with Crippen LogP contribution in [0.15, 0.2) is 65.1 Å². The van der Waals surface area contributed by atoms with Crippen LogP contribution in [0.1, 0.15) is 22.5 Å². The first-order valence-electron chi connectivity index (χ1n) is 11.4. The van der Waals surface area contributed by atoms with Crippen LogP contribution >= 0.6 is 23.1 Å². The van der Waals surface area contributed by atoms with Crippen molar-refractivity contribution in [2.45, 2.75) is 17.7 Å². The molecule has 0 bridgehead atoms. The maximum absolute atomic E-state index is 13.4. The van der Waals surface area contributed by atoms with Gasteiger partial charge in [0.05, 0.1) is 36.0 Å². The highest BCUT2D eigenvalue weighted by Gasteiger charge is 2.33. The third kappa shape index (κ3) is 4.84. The highest BCUT2D eigenvalue weighted by Crippen LogP contribution is 2.31. The fourth-order valence-corrected chi connectivity index (χ4v) is 5.71. The average molecular weight is 521 g/mol. The van der Waals surface area contributed by atoms with Crippen molar-refractivity contribution < 1.29 is 14.3 Å². The second-order valence-corrected chi connectivity index (χ2v) is 10.3. The summed E-state index contributed by atoms with van der Waals surface area (Å²) in [5, 5.41) is 16.7. The van der Waals surface area contributed by atoms with Crippen molar-refractivity contribution in [3.8, 4) is 22.0 Å². The van der Waals surface area contributed by atoms with E-state index >= 15 is 0 Å². The number of hydrogen-bond donors (Lipinski definition) is 0. The Bertz CT molecular complexity index is 1370. The first kappa shape index (κ1) is 24.0. The first-order valence-corrected chi connectivity index (χ1v) is 13.2. The Morgan fingerprint density at radius 3 is 2.53 bits per heavy atom. The van der Waals surface area contributed by atoms with Gasteiger partial charge < -0.3 is 4.74 Å². The van der Waals surface area contributed by atoms with Gasteiger partial charge in [-0.2, -0.15) is 5.10 Å². The number of methoxy groups -OCH3 is 1. The first-order chi connectivity index (χ1) is 17.5. The minimum Gasteiger partial charge on any atom is -0.497 e. The topological polar surface area (TPSA) is 93.5 Å². The molecule has 0 N–H and O–H groups in total. The van der Waals surface area contributed by atoms with Crippen molar-refractivity contribution in [2.75, 3.05) is 26.0 Å². The van der Waals surface area contributed by atoms with E-state index < -0.39 is 0 Å². The van der Waals surface area contributed by atoms with Crippen LogP contribution < -0.4 is 4.74 Å². The van der Waals surface area contributed by atoms with Gasteiger partial charge in [-0.3, -0.25) is 14.6 Å². The fourth-order valence-electron chi connectivity index (χ4n) is 3.99. The van der Waals surface area contributed by atoms with Gasteiger partial charge in [-0.05, 0) is 49.7 Å². The average Bonchev–Trinajstić information content (AvgIpc) is 3.67. The molecular formula is C25H24N6O3S2. The molecule has 0 atom stereocenters. The van der Waals surface area contributed by atoms with E-state index in [-0.39, 0.29) is 17.6 Å². The molecule has 1 aliphatic heterocycles. The quantitative estimate of drug-likeness (QED) is 0.339. The Balaban J connectivity index is 1.23. The second kappa shape index (κ2) is 10.5. The van der Waals surface area contributed by atoms with Gasteiger partial charge in [0.15, 0.2) is 4.34 Å². The van der Waals surface area contributed by atoms with Gasteiger partial charge in [0.1, 0.15) is 10.8 Å². The van der Waals surface area contributed by atoms with E-state index in [1.54, 1.807) is 23.0 Å². The number of amides is 2. The highest BCUT2D eigenvalue weighted by molar-refractivity contribution is 8.01. The van der Waals surface area contributed by atoms with Crippen molar-refractivity contribution in [1.29, 1.82) is 0 Å². The number of thioether (sulfide) groups is 1. The number of para-hydroxylation sites is 1. The molecule has 11 heteroatoms. The lowest BCUT2D eigenvalue weighted by molar-refractivity contribution is -0.137. The number of ether oxygens (including phenoxy) is 1. The third-order valence-electron chi connectivity index (χ3n) is 5.86. The standard InChI is InChI=1S/C25H24N6O3S2/c1-17-21(15-26-31(17)19-7-4-3-5-8-19)24(33)30-14-6-13-29(30)22(32)16-35-25-28-27-23(36-25)18-9-11-20(34-2)12-10-18/h3-5,7-12,15H,6,13-14,16H2,1-2H3. The van der Waals surface area contributed by atoms with E-state index in [1.165, 1.54) is 28.1 Å². The molecule has 0 saturated carbocycles. The molecule has 0 radical (unpaired) electrons. The maximum atomic E-state index is 13.4. The number of carbonyl (C=O) groups is 2. The summed E-state index contributed by atoms with van der Waals surface area (Å²) >= 11 is 2.76. The van der Waals surface area contributed by atoms with Gasteiger partial charge >= 0.3 is 0 Å². The second-order valence-electron chi connectivity index (χ2n) is 8.08. The van der Waals surface area contributed by atoms with Gasteiger partial charge in [0.2, 0.25) is 0 Å². The molecule has 3 heterocycles. The van der Waals surface area contributed by atoms with Crippen LogP contribution in [0.4, 0.5) is 0 Å². The van der Waals surface area contributed by atoms with Crippen molar-refractivity contribution in [1.82, 2.24) is 30.0 Å². The van der Waals surface area contributed by atoms with Crippen molar-refractivity contribution in [3.63, 3.8) is 0 Å². The zero-order valence-electron chi connectivity index (χ0n) is 19.8. The minimum atomic E-state index is -0.219. The Kier molecular flexibility index (Phi) is 7.01. The monoisotopic (exact) mass is 520 g/mol. The van der Waals surface area contributed by atoms with Gasteiger partial charge in [-0.25, -0.2) is 9.69 Å². The number of benzene rings is 2. The van der Waals surface area contributed by atoms with E-state index in [0.717, 1.165) is 34.1 Å². The van der Waals surface area contributed by atoms with Gasteiger partial charge in [0, 0.05) is 18.7 Å². The van der Waals surface area contributed by atoms with Crippen LogP contribution in [0.5, 0.6) is 5.75 Å². The van der Waals surface area contributed by atoms with Gasteiger partial charge in [-0.15, -0.1) is 10.2 Å². The SMILES string of the molecule is COc1ccc(-c2nnc(SCC(=O)N3CCCN3C(=O)c3cnn(-c4ccccc4)c3C)s2)cc1. The molecule has 2 aromatic heterocycles. The lowest BCUT2D eigenvalue weighted by Crippen LogP contribution is -2.45. The fraction of sp³-hybridized carbons (Fsp3) is 0.240. The zero-order chi connectivity index (χ0) is 25.1. The zero-order valence-corrected chi connectivity index (χ0v) is 21.5. The van der Waals surface area contributed by atoms with Crippen LogP contribution in [0.3, 0.4) is 0 Å². The summed E-state index contributed by atoms with van der Waals surface area (Å²) in [7, 11) is 1.62. The summed E-state index contributed by atoms with van der Waals surface area (Å²) in [6, 6.07) is 17.2. The molecule has 4 aromatic rings. The maximum Gasteiger partial charge on any atom is 0.275 e. The molecule has 1 saturated heterocycles. The number of aromatic nitrogens is 4. The summed E-state index contributed by atoms with van der Waals surface area (Å²) in [6.45, 7) is 2.86. The van der Waals surface area contributed by atoms with Crippen LogP contribution in [-0.4, -0.2) is 67.8 Å². The van der Waals surface area contributed by atoms with E-state index in [1.807, 2.05) is 61.5 Å². The summed E-state index contributed by atoms with van der Waals surface area (Å²) in [4.78, 5) is 26.4. The van der Waals surface area contributed by atoms with Gasteiger partial charge in [0.25, 0.3) is 11.8 Å². The third-order valence-corrected chi connectivity index (χ3v) is 7.95. The summed E-state index contributed by atoms with van der Waals surface area (Å²) in [6.07, 6.45) is 2.30. The summed E-state index contributed by atoms with van der Waals surface area (Å²) < 4.78 is 7.63. The number of hydrazine groups is 1. The van der Waals surface area contributed by atoms with Crippen LogP contribution in [0, 0.1) is 6.92 Å². The van der Waals surface area contributed by atoms with Gasteiger partial charge in [-0.1, -0.05) is 41.3 Å². The molecule has 1 fully saturated rings.